The summed E-state index contributed by atoms with van der Waals surface area (Å²) in [6.07, 6.45) is 0. The van der Waals surface area contributed by atoms with Gasteiger partial charge < -0.3 is 4.74 Å². The lowest BCUT2D eigenvalue weighted by Crippen LogP contribution is -2.16. The molecule has 0 aliphatic carbocycles. The van der Waals surface area contributed by atoms with E-state index in [1.165, 1.54) is 24.3 Å². The summed E-state index contributed by atoms with van der Waals surface area (Å²) in [5.41, 5.74) is 2.62. The van der Waals surface area contributed by atoms with Gasteiger partial charge >= 0.3 is 5.69 Å². The fraction of sp³-hybridized carbons (Fsp3) is 0.0833. The molecule has 2 heterocycles. The molecule has 5 rings (SSSR count). The number of hydrogen-bond donors (Lipinski definition) is 0. The molecule has 0 aliphatic rings. The second-order valence-electron chi connectivity index (χ2n) is 7.62. The summed E-state index contributed by atoms with van der Waals surface area (Å²) in [7, 11) is 1.37. The Kier molecular flexibility index (Phi) is 6.57. The summed E-state index contributed by atoms with van der Waals surface area (Å²) < 4.78 is 15.0. The Balaban J connectivity index is 1.55. The minimum Gasteiger partial charge on any atom is -0.490 e. The first-order valence-electron chi connectivity index (χ1n) is 10.9. The topological polar surface area (TPSA) is 158 Å². The lowest BCUT2D eigenvalue weighted by atomic mass is 10.1. The van der Waals surface area contributed by atoms with Crippen LogP contribution in [0.25, 0.3) is 22.5 Å². The average Bonchev–Trinajstić information content (AvgIpc) is 3.62. The van der Waals surface area contributed by atoms with E-state index in [1.807, 2.05) is 60.7 Å². The monoisotopic (exact) mass is 498 g/mol. The van der Waals surface area contributed by atoms with Crippen LogP contribution in [0.5, 0.6) is 5.75 Å². The minimum atomic E-state index is -0.519. The van der Waals surface area contributed by atoms with Crippen LogP contribution in [0.1, 0.15) is 5.56 Å². The Morgan fingerprint density at radius 1 is 0.892 bits per heavy atom. The molecule has 0 unspecified atom stereocenters. The highest BCUT2D eigenvalue weighted by Gasteiger charge is 2.23. The molecule has 0 saturated heterocycles. The second-order valence-corrected chi connectivity index (χ2v) is 7.62. The Morgan fingerprint density at radius 3 is 2.22 bits per heavy atom. The third-order valence-electron chi connectivity index (χ3n) is 5.30. The summed E-state index contributed by atoms with van der Waals surface area (Å²) >= 11 is 0. The number of anilines is 1. The third kappa shape index (κ3) is 5.00. The van der Waals surface area contributed by atoms with Crippen molar-refractivity contribution in [1.29, 1.82) is 0 Å². The zero-order valence-electron chi connectivity index (χ0n) is 19.3. The molecule has 0 atom stereocenters. The van der Waals surface area contributed by atoms with Crippen molar-refractivity contribution in [3.05, 3.63) is 94.5 Å². The summed E-state index contributed by atoms with van der Waals surface area (Å²) in [4.78, 5) is 11.0. The normalized spacial score (nSPS) is 11.1. The zero-order chi connectivity index (χ0) is 25.6. The fourth-order valence-corrected chi connectivity index (χ4v) is 3.55. The van der Waals surface area contributed by atoms with Gasteiger partial charge in [0.25, 0.3) is 0 Å². The molecule has 0 N–H and O–H groups in total. The van der Waals surface area contributed by atoms with Crippen LogP contribution < -0.4 is 9.75 Å². The van der Waals surface area contributed by atoms with Gasteiger partial charge in [0.2, 0.25) is 11.6 Å². The van der Waals surface area contributed by atoms with Crippen LogP contribution in [-0.4, -0.2) is 32.7 Å². The maximum absolute atomic E-state index is 11.5. The first kappa shape index (κ1) is 23.3. The predicted octanol–water partition coefficient (Wildman–Crippen LogP) is 5.41. The number of rotatable bonds is 9. The number of aromatic nitrogens is 4. The van der Waals surface area contributed by atoms with Crippen molar-refractivity contribution in [2.45, 2.75) is 6.54 Å². The number of nitro benzene ring substituents is 1. The molecule has 5 aromatic rings. The lowest BCUT2D eigenvalue weighted by molar-refractivity contribution is -0.385. The van der Waals surface area contributed by atoms with E-state index in [0.717, 1.165) is 11.1 Å². The van der Waals surface area contributed by atoms with Gasteiger partial charge in [-0.25, -0.2) is 14.3 Å². The predicted molar refractivity (Wildman–Crippen MR) is 130 cm³/mol. The van der Waals surface area contributed by atoms with Gasteiger partial charge in [-0.3, -0.25) is 10.1 Å². The van der Waals surface area contributed by atoms with E-state index in [-0.39, 0.29) is 29.6 Å². The van der Waals surface area contributed by atoms with E-state index in [1.54, 1.807) is 6.07 Å². The van der Waals surface area contributed by atoms with E-state index in [0.29, 0.717) is 17.0 Å². The quantitative estimate of drug-likeness (QED) is 0.146. The van der Waals surface area contributed by atoms with Crippen molar-refractivity contribution in [2.24, 2.45) is 10.3 Å². The maximum Gasteiger partial charge on any atom is 0.311 e. The number of ether oxygens (including phenoxy) is 1. The Bertz CT molecular complexity index is 1540. The van der Waals surface area contributed by atoms with Crippen LogP contribution in [0.4, 0.5) is 17.3 Å². The number of hydrogen-bond acceptors (Lipinski definition) is 11. The van der Waals surface area contributed by atoms with Gasteiger partial charge in [-0.05, 0) is 32.3 Å². The molecule has 37 heavy (non-hydrogen) atoms. The van der Waals surface area contributed by atoms with Gasteiger partial charge in [0, 0.05) is 17.2 Å². The van der Waals surface area contributed by atoms with Gasteiger partial charge in [0.15, 0.2) is 17.1 Å². The molecule has 0 bridgehead atoms. The Labute approximate surface area is 209 Å². The van der Waals surface area contributed by atoms with E-state index in [4.69, 9.17) is 14.0 Å². The van der Waals surface area contributed by atoms with Gasteiger partial charge in [-0.2, -0.15) is 0 Å². The maximum atomic E-state index is 11.5. The van der Waals surface area contributed by atoms with Crippen molar-refractivity contribution in [3.63, 3.8) is 0 Å². The molecular formula is C24H18N8O5. The molecule has 0 saturated carbocycles. The molecule has 0 spiro atoms. The van der Waals surface area contributed by atoms with Crippen molar-refractivity contribution in [2.75, 3.05) is 12.1 Å². The van der Waals surface area contributed by atoms with Crippen LogP contribution in [0, 0.1) is 10.1 Å². The SMILES string of the molecule is COc1ccc(CN(N=Nc2nonc2-c2ccccc2)c2nonc2-c2ccccc2)cc1[N+](=O)[O-]. The number of methoxy groups -OCH3 is 1. The standard InChI is InChI=1S/C24H18N8O5/c1-35-20-13-12-16(14-19(20)32(33)34)15-31(24-22(27-37-29-24)18-10-6-3-7-11-18)30-25-23-21(26-36-28-23)17-8-4-2-5-9-17/h2-14H,15H2,1H3. The van der Waals surface area contributed by atoms with Gasteiger partial charge in [-0.15, -0.1) is 5.11 Å². The molecule has 3 aromatic carbocycles. The number of nitro groups is 1. The van der Waals surface area contributed by atoms with Crippen LogP contribution in [0.2, 0.25) is 0 Å². The highest BCUT2D eigenvalue weighted by atomic mass is 16.6. The minimum absolute atomic E-state index is 0.0360. The lowest BCUT2D eigenvalue weighted by Gasteiger charge is -2.15. The summed E-state index contributed by atoms with van der Waals surface area (Å²) in [5.74, 6) is 0.511. The summed E-state index contributed by atoms with van der Waals surface area (Å²) in [5, 5.41) is 37.4. The third-order valence-corrected chi connectivity index (χ3v) is 5.30. The highest BCUT2D eigenvalue weighted by molar-refractivity contribution is 5.71. The molecule has 2 aromatic heterocycles. The smallest absolute Gasteiger partial charge is 0.311 e. The van der Waals surface area contributed by atoms with Crippen molar-refractivity contribution >= 4 is 17.3 Å². The molecule has 0 fully saturated rings. The summed E-state index contributed by atoms with van der Waals surface area (Å²) in [6, 6.07) is 23.1. The largest absolute Gasteiger partial charge is 0.490 e. The average molecular weight is 498 g/mol. The van der Waals surface area contributed by atoms with Crippen LogP contribution in [0.3, 0.4) is 0 Å². The van der Waals surface area contributed by atoms with Crippen LogP contribution in [-0.2, 0) is 6.54 Å². The molecule has 13 heteroatoms. The first-order chi connectivity index (χ1) is 18.1. The number of benzene rings is 3. The van der Waals surface area contributed by atoms with Crippen molar-refractivity contribution in [3.8, 4) is 28.3 Å². The van der Waals surface area contributed by atoms with E-state index in [9.17, 15) is 10.1 Å². The van der Waals surface area contributed by atoms with Gasteiger partial charge in [-0.1, -0.05) is 72.0 Å². The van der Waals surface area contributed by atoms with Gasteiger partial charge in [0.1, 0.15) is 0 Å². The van der Waals surface area contributed by atoms with E-state index < -0.39 is 4.92 Å². The van der Waals surface area contributed by atoms with Crippen LogP contribution >= 0.6 is 0 Å². The fourth-order valence-electron chi connectivity index (χ4n) is 3.55. The molecule has 184 valence electrons. The molecule has 13 nitrogen and oxygen atoms in total. The van der Waals surface area contributed by atoms with E-state index in [2.05, 4.69) is 31.0 Å². The van der Waals surface area contributed by atoms with Crippen LogP contribution in [0.15, 0.2) is 98.5 Å². The van der Waals surface area contributed by atoms with Crippen molar-refractivity contribution < 1.29 is 18.9 Å². The van der Waals surface area contributed by atoms with Gasteiger partial charge in [0.05, 0.1) is 18.6 Å². The Morgan fingerprint density at radius 2 is 1.54 bits per heavy atom. The van der Waals surface area contributed by atoms with Crippen molar-refractivity contribution in [1.82, 2.24) is 20.6 Å². The van der Waals surface area contributed by atoms with E-state index >= 15 is 0 Å². The highest BCUT2D eigenvalue weighted by Crippen LogP contribution is 2.33. The number of nitrogens with zero attached hydrogens (tertiary/aromatic N) is 8. The summed E-state index contributed by atoms with van der Waals surface area (Å²) in [6.45, 7) is 0.0360. The first-order valence-corrected chi connectivity index (χ1v) is 10.9. The molecule has 0 radical (unpaired) electrons. The Hall–Kier alpha value is -5.46. The molecular weight excluding hydrogens is 480 g/mol. The second kappa shape index (κ2) is 10.4. The zero-order valence-corrected chi connectivity index (χ0v) is 19.3. The molecule has 0 amide bonds. The molecule has 0 aliphatic heterocycles.